The van der Waals surface area contributed by atoms with Gasteiger partial charge in [0.25, 0.3) is 5.71 Å². The Morgan fingerprint density at radius 3 is 2.65 bits per heavy atom. The van der Waals surface area contributed by atoms with Crippen molar-refractivity contribution in [1.29, 1.82) is 10.5 Å². The molecule has 0 atom stereocenters. The second kappa shape index (κ2) is 6.67. The summed E-state index contributed by atoms with van der Waals surface area (Å²) in [5.41, 5.74) is 1.32. The van der Waals surface area contributed by atoms with Gasteiger partial charge in [-0.2, -0.15) is 10.5 Å². The number of benzene rings is 1. The molecule has 1 aromatic heterocycles. The first-order valence-electron chi connectivity index (χ1n) is 5.43. The fourth-order valence-electron chi connectivity index (χ4n) is 1.33. The average molecular weight is 303 g/mol. The molecule has 0 radical (unpaired) electrons. The summed E-state index contributed by atoms with van der Waals surface area (Å²) in [6.45, 7) is 0.108. The van der Waals surface area contributed by atoms with Crippen LogP contribution >= 0.6 is 22.9 Å². The molecule has 0 aliphatic carbocycles. The SMILES string of the molecule is N#CC(C#N)=NOCc1csc(-c2ccc(Cl)cc2)n1. The van der Waals surface area contributed by atoms with Gasteiger partial charge in [-0.05, 0) is 12.1 Å². The molecule has 0 saturated carbocycles. The zero-order valence-corrected chi connectivity index (χ0v) is 11.6. The molecule has 98 valence electrons. The van der Waals surface area contributed by atoms with Crippen molar-refractivity contribution < 1.29 is 4.84 Å². The fourth-order valence-corrected chi connectivity index (χ4v) is 2.26. The summed E-state index contributed by atoms with van der Waals surface area (Å²) in [4.78, 5) is 9.27. The summed E-state index contributed by atoms with van der Waals surface area (Å²) >= 11 is 7.29. The zero-order chi connectivity index (χ0) is 14.4. The van der Waals surface area contributed by atoms with E-state index in [0.717, 1.165) is 10.6 Å². The van der Waals surface area contributed by atoms with Crippen LogP contribution in [0.3, 0.4) is 0 Å². The Morgan fingerprint density at radius 2 is 2.00 bits per heavy atom. The molecule has 2 rings (SSSR count). The zero-order valence-electron chi connectivity index (χ0n) is 10.1. The van der Waals surface area contributed by atoms with Crippen molar-refractivity contribution in [1.82, 2.24) is 4.98 Å². The molecular formula is C13H7ClN4OS. The van der Waals surface area contributed by atoms with Gasteiger partial charge in [0.15, 0.2) is 6.61 Å². The summed E-state index contributed by atoms with van der Waals surface area (Å²) in [7, 11) is 0. The van der Waals surface area contributed by atoms with E-state index >= 15 is 0 Å². The molecular weight excluding hydrogens is 296 g/mol. The predicted molar refractivity (Wildman–Crippen MR) is 76.0 cm³/mol. The van der Waals surface area contributed by atoms with Gasteiger partial charge in [0.05, 0.1) is 5.69 Å². The highest BCUT2D eigenvalue weighted by molar-refractivity contribution is 7.13. The minimum atomic E-state index is -0.321. The number of nitriles is 2. The molecule has 0 spiro atoms. The van der Waals surface area contributed by atoms with E-state index in [9.17, 15) is 0 Å². The van der Waals surface area contributed by atoms with Crippen molar-refractivity contribution in [3.63, 3.8) is 0 Å². The standard InChI is InChI=1S/C13H7ClN4OS/c14-10-3-1-9(2-4-10)13-17-12(8-20-13)7-19-18-11(5-15)6-16/h1-4,8H,7H2. The lowest BCUT2D eigenvalue weighted by molar-refractivity contribution is 0.129. The average Bonchev–Trinajstić information content (AvgIpc) is 2.93. The van der Waals surface area contributed by atoms with E-state index in [1.54, 1.807) is 24.3 Å². The molecule has 1 heterocycles. The van der Waals surface area contributed by atoms with E-state index in [4.69, 9.17) is 27.0 Å². The highest BCUT2D eigenvalue weighted by Crippen LogP contribution is 2.25. The van der Waals surface area contributed by atoms with Crippen molar-refractivity contribution in [2.45, 2.75) is 6.61 Å². The van der Waals surface area contributed by atoms with Gasteiger partial charge in [0, 0.05) is 16.0 Å². The number of thiazole rings is 1. The number of rotatable bonds is 4. The molecule has 0 fully saturated rings. The number of hydrogen-bond acceptors (Lipinski definition) is 6. The van der Waals surface area contributed by atoms with Crippen LogP contribution in [0.4, 0.5) is 0 Å². The lowest BCUT2D eigenvalue weighted by Crippen LogP contribution is -1.93. The van der Waals surface area contributed by atoms with E-state index in [-0.39, 0.29) is 12.3 Å². The maximum absolute atomic E-state index is 8.49. The van der Waals surface area contributed by atoms with Crippen LogP contribution < -0.4 is 0 Å². The molecule has 0 amide bonds. The number of hydrogen-bond donors (Lipinski definition) is 0. The van der Waals surface area contributed by atoms with E-state index in [1.807, 2.05) is 17.5 Å². The quantitative estimate of drug-likeness (QED) is 0.640. The topological polar surface area (TPSA) is 82.1 Å². The van der Waals surface area contributed by atoms with Crippen molar-refractivity contribution in [2.75, 3.05) is 0 Å². The normalized spacial score (nSPS) is 9.35. The summed E-state index contributed by atoms with van der Waals surface area (Å²) in [5.74, 6) is 0. The molecule has 0 aliphatic heterocycles. The van der Waals surface area contributed by atoms with Gasteiger partial charge in [-0.15, -0.1) is 11.3 Å². The molecule has 5 nitrogen and oxygen atoms in total. The smallest absolute Gasteiger partial charge is 0.256 e. The molecule has 0 aliphatic rings. The van der Waals surface area contributed by atoms with Crippen molar-refractivity contribution in [2.24, 2.45) is 5.16 Å². The van der Waals surface area contributed by atoms with E-state index in [0.29, 0.717) is 10.7 Å². The number of aromatic nitrogens is 1. The summed E-state index contributed by atoms with van der Waals surface area (Å²) in [6.07, 6.45) is 0. The Balaban J connectivity index is 2.03. The first-order chi connectivity index (χ1) is 9.72. The second-order valence-electron chi connectivity index (χ2n) is 3.59. The van der Waals surface area contributed by atoms with Gasteiger partial charge in [0.2, 0.25) is 0 Å². The van der Waals surface area contributed by atoms with Crippen LogP contribution in [0.25, 0.3) is 10.6 Å². The van der Waals surface area contributed by atoms with Crippen molar-refractivity contribution in [3.8, 4) is 22.7 Å². The monoisotopic (exact) mass is 302 g/mol. The third-order valence-electron chi connectivity index (χ3n) is 2.22. The maximum atomic E-state index is 8.49. The molecule has 0 saturated heterocycles. The molecule has 0 bridgehead atoms. The van der Waals surface area contributed by atoms with Crippen LogP contribution in [0, 0.1) is 22.7 Å². The van der Waals surface area contributed by atoms with E-state index in [1.165, 1.54) is 11.3 Å². The molecule has 7 heteroatoms. The van der Waals surface area contributed by atoms with E-state index in [2.05, 4.69) is 10.1 Å². The van der Waals surface area contributed by atoms with Crippen LogP contribution in [0.5, 0.6) is 0 Å². The van der Waals surface area contributed by atoms with Gasteiger partial charge in [0.1, 0.15) is 17.1 Å². The number of halogens is 1. The second-order valence-corrected chi connectivity index (χ2v) is 4.88. The third-order valence-corrected chi connectivity index (χ3v) is 3.42. The number of oxime groups is 1. The lowest BCUT2D eigenvalue weighted by atomic mass is 10.2. The van der Waals surface area contributed by atoms with Gasteiger partial charge < -0.3 is 4.84 Å². The van der Waals surface area contributed by atoms with Crippen LogP contribution in [0.15, 0.2) is 34.8 Å². The van der Waals surface area contributed by atoms with Crippen LogP contribution in [0.2, 0.25) is 5.02 Å². The first kappa shape index (κ1) is 14.0. The minimum absolute atomic E-state index is 0.108. The summed E-state index contributed by atoms with van der Waals surface area (Å²) in [5, 5.41) is 23.7. The van der Waals surface area contributed by atoms with Crippen LogP contribution in [-0.4, -0.2) is 10.7 Å². The Kier molecular flexibility index (Phi) is 4.67. The van der Waals surface area contributed by atoms with Crippen LogP contribution in [-0.2, 0) is 11.4 Å². The molecule has 0 unspecified atom stereocenters. The van der Waals surface area contributed by atoms with Crippen molar-refractivity contribution in [3.05, 3.63) is 40.4 Å². The maximum Gasteiger partial charge on any atom is 0.256 e. The molecule has 20 heavy (non-hydrogen) atoms. The fraction of sp³-hybridized carbons (Fsp3) is 0.0769. The third kappa shape index (κ3) is 3.55. The van der Waals surface area contributed by atoms with E-state index < -0.39 is 0 Å². The van der Waals surface area contributed by atoms with Crippen molar-refractivity contribution >= 4 is 28.6 Å². The van der Waals surface area contributed by atoms with Gasteiger partial charge in [-0.3, -0.25) is 0 Å². The Morgan fingerprint density at radius 1 is 1.30 bits per heavy atom. The summed E-state index contributed by atoms with van der Waals surface area (Å²) < 4.78 is 0. The molecule has 1 aromatic carbocycles. The Labute approximate surface area is 124 Å². The van der Waals surface area contributed by atoms with Gasteiger partial charge in [-0.1, -0.05) is 28.9 Å². The highest BCUT2D eigenvalue weighted by atomic mass is 35.5. The minimum Gasteiger partial charge on any atom is -0.388 e. The van der Waals surface area contributed by atoms with Gasteiger partial charge in [-0.25, -0.2) is 4.98 Å². The Hall–Kier alpha value is -2.41. The molecule has 2 aromatic rings. The predicted octanol–water partition coefficient (Wildman–Crippen LogP) is 3.38. The molecule has 0 N–H and O–H groups in total. The number of nitrogens with zero attached hydrogens (tertiary/aromatic N) is 4. The first-order valence-corrected chi connectivity index (χ1v) is 6.69. The van der Waals surface area contributed by atoms with Crippen LogP contribution in [0.1, 0.15) is 5.69 Å². The Bertz CT molecular complexity index is 693. The largest absolute Gasteiger partial charge is 0.388 e. The highest BCUT2D eigenvalue weighted by Gasteiger charge is 2.05. The van der Waals surface area contributed by atoms with Gasteiger partial charge >= 0.3 is 0 Å². The lowest BCUT2D eigenvalue weighted by Gasteiger charge is -1.96. The summed E-state index contributed by atoms with van der Waals surface area (Å²) in [6, 6.07) is 10.6.